The number of benzene rings is 1. The van der Waals surface area contributed by atoms with Gasteiger partial charge in [0, 0.05) is 12.0 Å². The third-order valence-corrected chi connectivity index (χ3v) is 3.85. The first-order chi connectivity index (χ1) is 7.21. The van der Waals surface area contributed by atoms with Gasteiger partial charge in [-0.2, -0.15) is 0 Å². The van der Waals surface area contributed by atoms with Crippen LogP contribution >= 0.6 is 0 Å². The Morgan fingerprint density at radius 3 is 3.00 bits per heavy atom. The predicted octanol–water partition coefficient (Wildman–Crippen LogP) is 1.96. The summed E-state index contributed by atoms with van der Waals surface area (Å²) in [5, 5.41) is 10.4. The van der Waals surface area contributed by atoms with Crippen molar-refractivity contribution < 1.29 is 9.90 Å². The second-order valence-corrected chi connectivity index (χ2v) is 4.75. The lowest BCUT2D eigenvalue weighted by atomic mass is 9.74. The highest BCUT2D eigenvalue weighted by molar-refractivity contribution is 6.01. The van der Waals surface area contributed by atoms with Crippen LogP contribution in [0.3, 0.4) is 0 Å². The van der Waals surface area contributed by atoms with E-state index in [-0.39, 0.29) is 11.7 Å². The Kier molecular flexibility index (Phi) is 1.77. The Morgan fingerprint density at radius 1 is 1.33 bits per heavy atom. The molecule has 0 spiro atoms. The highest BCUT2D eigenvalue weighted by atomic mass is 16.3. The molecular weight excluding hydrogens is 188 g/mol. The number of ketones is 1. The first-order valence-corrected chi connectivity index (χ1v) is 5.55. The number of Topliss-reactive ketones (excluding diaryl/α,β-unsaturated/α-hetero) is 1. The van der Waals surface area contributed by atoms with Crippen LogP contribution < -0.4 is 0 Å². The standard InChI is InChI=1S/C13H14O2/c14-12-10-5-2-1-4-9(10)8-13(15)7-3-6-11(12)13/h1-2,4-5,11,15H,3,6-8H2/t11-,13-/m1/s1. The van der Waals surface area contributed by atoms with Crippen molar-refractivity contribution in [3.8, 4) is 0 Å². The van der Waals surface area contributed by atoms with Crippen LogP contribution in [0, 0.1) is 5.92 Å². The van der Waals surface area contributed by atoms with E-state index < -0.39 is 5.60 Å². The van der Waals surface area contributed by atoms with Crippen LogP contribution in [0.2, 0.25) is 0 Å². The van der Waals surface area contributed by atoms with Gasteiger partial charge in [-0.05, 0) is 24.8 Å². The zero-order valence-electron chi connectivity index (χ0n) is 8.57. The third-order valence-electron chi connectivity index (χ3n) is 3.85. The van der Waals surface area contributed by atoms with Gasteiger partial charge in [-0.25, -0.2) is 0 Å². The molecule has 0 radical (unpaired) electrons. The number of carbonyl (C=O) groups excluding carboxylic acids is 1. The van der Waals surface area contributed by atoms with Crippen molar-refractivity contribution in [1.29, 1.82) is 0 Å². The van der Waals surface area contributed by atoms with Crippen LogP contribution in [0.1, 0.15) is 35.2 Å². The molecule has 2 heteroatoms. The fraction of sp³-hybridized carbons (Fsp3) is 0.462. The van der Waals surface area contributed by atoms with Crippen molar-refractivity contribution in [3.05, 3.63) is 35.4 Å². The molecule has 2 atom stereocenters. The largest absolute Gasteiger partial charge is 0.389 e. The van der Waals surface area contributed by atoms with E-state index in [1.165, 1.54) is 0 Å². The second-order valence-electron chi connectivity index (χ2n) is 4.75. The number of rotatable bonds is 0. The molecule has 0 amide bonds. The van der Waals surface area contributed by atoms with Crippen molar-refractivity contribution in [1.82, 2.24) is 0 Å². The zero-order valence-corrected chi connectivity index (χ0v) is 8.57. The second kappa shape index (κ2) is 2.92. The summed E-state index contributed by atoms with van der Waals surface area (Å²) in [5.74, 6) is 0.00394. The van der Waals surface area contributed by atoms with Crippen LogP contribution in [0.5, 0.6) is 0 Å². The average Bonchev–Trinajstić information content (AvgIpc) is 2.60. The summed E-state index contributed by atoms with van der Waals surface area (Å²) in [5.41, 5.74) is 1.10. The Bertz CT molecular complexity index is 424. The van der Waals surface area contributed by atoms with Gasteiger partial charge in [0.2, 0.25) is 0 Å². The van der Waals surface area contributed by atoms with Crippen LogP contribution in [0.15, 0.2) is 24.3 Å². The summed E-state index contributed by atoms with van der Waals surface area (Å²) >= 11 is 0. The van der Waals surface area contributed by atoms with Crippen LogP contribution in [0.4, 0.5) is 0 Å². The fourth-order valence-electron chi connectivity index (χ4n) is 3.07. The lowest BCUT2D eigenvalue weighted by Gasteiger charge is -2.34. The lowest BCUT2D eigenvalue weighted by molar-refractivity contribution is 0.00282. The molecule has 3 rings (SSSR count). The molecule has 1 aromatic rings. The van der Waals surface area contributed by atoms with E-state index >= 15 is 0 Å². The SMILES string of the molecule is O=C1c2ccccc2C[C@]2(O)CCC[C@H]12. The molecular formula is C13H14O2. The van der Waals surface area contributed by atoms with E-state index in [2.05, 4.69) is 0 Å². The van der Waals surface area contributed by atoms with Crippen LogP contribution in [-0.2, 0) is 6.42 Å². The average molecular weight is 202 g/mol. The molecule has 0 aliphatic heterocycles. The molecule has 78 valence electrons. The minimum atomic E-state index is -0.745. The molecule has 0 bridgehead atoms. The molecule has 2 aliphatic carbocycles. The fourth-order valence-corrected chi connectivity index (χ4v) is 3.07. The summed E-state index contributed by atoms with van der Waals surface area (Å²) < 4.78 is 0. The van der Waals surface area contributed by atoms with E-state index in [1.807, 2.05) is 24.3 Å². The minimum absolute atomic E-state index is 0.146. The maximum atomic E-state index is 12.1. The van der Waals surface area contributed by atoms with Gasteiger partial charge >= 0.3 is 0 Å². The number of aliphatic hydroxyl groups is 1. The molecule has 1 saturated carbocycles. The van der Waals surface area contributed by atoms with Crippen molar-refractivity contribution in [2.45, 2.75) is 31.3 Å². The topological polar surface area (TPSA) is 37.3 Å². The van der Waals surface area contributed by atoms with Crippen LogP contribution in [0.25, 0.3) is 0 Å². The van der Waals surface area contributed by atoms with E-state index in [1.54, 1.807) is 0 Å². The Morgan fingerprint density at radius 2 is 2.13 bits per heavy atom. The van der Waals surface area contributed by atoms with Gasteiger partial charge in [0.05, 0.1) is 11.5 Å². The maximum absolute atomic E-state index is 12.1. The van der Waals surface area contributed by atoms with E-state index in [0.717, 1.165) is 30.4 Å². The summed E-state index contributed by atoms with van der Waals surface area (Å²) in [7, 11) is 0. The summed E-state index contributed by atoms with van der Waals surface area (Å²) in [6.45, 7) is 0. The zero-order chi connectivity index (χ0) is 10.5. The highest BCUT2D eigenvalue weighted by Gasteiger charge is 2.48. The number of hydrogen-bond acceptors (Lipinski definition) is 2. The predicted molar refractivity (Wildman–Crippen MR) is 56.8 cm³/mol. The lowest BCUT2D eigenvalue weighted by Crippen LogP contribution is -2.44. The quantitative estimate of drug-likeness (QED) is 0.698. The molecule has 0 unspecified atom stereocenters. The van der Waals surface area contributed by atoms with E-state index in [0.29, 0.717) is 6.42 Å². The molecule has 2 aliphatic rings. The molecule has 1 fully saturated rings. The van der Waals surface area contributed by atoms with Gasteiger partial charge in [0.25, 0.3) is 0 Å². The van der Waals surface area contributed by atoms with Gasteiger partial charge in [0.15, 0.2) is 5.78 Å². The van der Waals surface area contributed by atoms with Crippen molar-refractivity contribution in [2.75, 3.05) is 0 Å². The Balaban J connectivity index is 2.13. The van der Waals surface area contributed by atoms with Gasteiger partial charge < -0.3 is 5.11 Å². The number of fused-ring (bicyclic) bond motifs is 2. The summed E-state index contributed by atoms with van der Waals surface area (Å²) in [4.78, 5) is 12.1. The van der Waals surface area contributed by atoms with Gasteiger partial charge in [0.1, 0.15) is 0 Å². The van der Waals surface area contributed by atoms with E-state index in [4.69, 9.17) is 0 Å². The monoisotopic (exact) mass is 202 g/mol. The molecule has 2 nitrogen and oxygen atoms in total. The van der Waals surface area contributed by atoms with Crippen molar-refractivity contribution in [3.63, 3.8) is 0 Å². The van der Waals surface area contributed by atoms with E-state index in [9.17, 15) is 9.90 Å². The highest BCUT2D eigenvalue weighted by Crippen LogP contribution is 2.44. The molecule has 15 heavy (non-hydrogen) atoms. The number of carbonyl (C=O) groups is 1. The normalized spacial score (nSPS) is 33.7. The summed E-state index contributed by atoms with van der Waals surface area (Å²) in [6.07, 6.45) is 3.25. The van der Waals surface area contributed by atoms with Gasteiger partial charge in [-0.1, -0.05) is 24.3 Å². The smallest absolute Gasteiger partial charge is 0.169 e. The molecule has 1 aromatic carbocycles. The molecule has 1 N–H and O–H groups in total. The third kappa shape index (κ3) is 1.18. The van der Waals surface area contributed by atoms with Gasteiger partial charge in [-0.15, -0.1) is 0 Å². The first kappa shape index (κ1) is 9.10. The van der Waals surface area contributed by atoms with Crippen molar-refractivity contribution >= 4 is 5.78 Å². The number of hydrogen-bond donors (Lipinski definition) is 1. The Hall–Kier alpha value is -1.15. The van der Waals surface area contributed by atoms with Crippen LogP contribution in [-0.4, -0.2) is 16.5 Å². The van der Waals surface area contributed by atoms with Gasteiger partial charge in [-0.3, -0.25) is 4.79 Å². The summed E-state index contributed by atoms with van der Waals surface area (Å²) in [6, 6.07) is 7.68. The molecule has 0 aromatic heterocycles. The molecule has 0 heterocycles. The minimum Gasteiger partial charge on any atom is -0.389 e. The maximum Gasteiger partial charge on any atom is 0.169 e. The van der Waals surface area contributed by atoms with Crippen molar-refractivity contribution in [2.24, 2.45) is 5.92 Å². The Labute approximate surface area is 88.9 Å². The molecule has 0 saturated heterocycles. The first-order valence-electron chi connectivity index (χ1n) is 5.55.